The van der Waals surface area contributed by atoms with Gasteiger partial charge in [0.15, 0.2) is 0 Å². The Hall–Kier alpha value is -1.47. The van der Waals surface area contributed by atoms with Crippen LogP contribution in [-0.2, 0) is 4.79 Å². The summed E-state index contributed by atoms with van der Waals surface area (Å²) in [7, 11) is 0. The SMILES string of the molecule is Cc1nsc(NC(=O)C(C)C(C)N)c1C(=O)O. The molecule has 1 amide bonds. The normalized spacial score (nSPS) is 14.1. The van der Waals surface area contributed by atoms with Gasteiger partial charge in [0.25, 0.3) is 0 Å². The Morgan fingerprint density at radius 1 is 1.47 bits per heavy atom. The second kappa shape index (κ2) is 5.24. The molecule has 0 aromatic carbocycles. The predicted octanol–water partition coefficient (Wildman–Crippen LogP) is 1.07. The molecule has 0 spiro atoms. The van der Waals surface area contributed by atoms with E-state index in [4.69, 9.17) is 10.8 Å². The lowest BCUT2D eigenvalue weighted by atomic mass is 10.0. The van der Waals surface area contributed by atoms with Gasteiger partial charge in [-0.1, -0.05) is 6.92 Å². The molecule has 1 rings (SSSR count). The maximum absolute atomic E-state index is 11.7. The molecular weight excluding hydrogens is 242 g/mol. The lowest BCUT2D eigenvalue weighted by Gasteiger charge is -2.14. The monoisotopic (exact) mass is 257 g/mol. The summed E-state index contributed by atoms with van der Waals surface area (Å²) in [5, 5.41) is 11.8. The van der Waals surface area contributed by atoms with Gasteiger partial charge in [0.05, 0.1) is 11.6 Å². The van der Waals surface area contributed by atoms with E-state index >= 15 is 0 Å². The first kappa shape index (κ1) is 13.6. The molecule has 17 heavy (non-hydrogen) atoms. The van der Waals surface area contributed by atoms with Crippen molar-refractivity contribution in [2.75, 3.05) is 5.32 Å². The van der Waals surface area contributed by atoms with Crippen LogP contribution >= 0.6 is 11.5 Å². The third-order valence-corrected chi connectivity index (χ3v) is 3.37. The Kier molecular flexibility index (Phi) is 4.19. The number of anilines is 1. The summed E-state index contributed by atoms with van der Waals surface area (Å²) in [5.74, 6) is -1.79. The fourth-order valence-corrected chi connectivity index (χ4v) is 1.96. The number of aryl methyl sites for hydroxylation is 1. The van der Waals surface area contributed by atoms with Gasteiger partial charge >= 0.3 is 5.97 Å². The number of hydrogen-bond acceptors (Lipinski definition) is 5. The van der Waals surface area contributed by atoms with Crippen LogP contribution in [0.2, 0.25) is 0 Å². The van der Waals surface area contributed by atoms with E-state index in [9.17, 15) is 9.59 Å². The predicted molar refractivity (Wildman–Crippen MR) is 65.3 cm³/mol. The first-order valence-corrected chi connectivity index (χ1v) is 5.88. The van der Waals surface area contributed by atoms with E-state index in [1.165, 1.54) is 0 Å². The summed E-state index contributed by atoms with van der Waals surface area (Å²) < 4.78 is 3.91. The van der Waals surface area contributed by atoms with Crippen LogP contribution in [0.15, 0.2) is 0 Å². The number of aromatic carboxylic acids is 1. The Labute approximate surface area is 103 Å². The lowest BCUT2D eigenvalue weighted by molar-refractivity contribution is -0.119. The van der Waals surface area contributed by atoms with Gasteiger partial charge in [0, 0.05) is 6.04 Å². The zero-order valence-corrected chi connectivity index (χ0v) is 10.7. The molecule has 1 heterocycles. The van der Waals surface area contributed by atoms with Crippen molar-refractivity contribution in [1.82, 2.24) is 4.37 Å². The molecule has 0 bridgehead atoms. The number of hydrogen-bond donors (Lipinski definition) is 3. The average molecular weight is 257 g/mol. The number of aromatic nitrogens is 1. The third kappa shape index (κ3) is 3.01. The second-order valence-corrected chi connectivity index (χ2v) is 4.69. The van der Waals surface area contributed by atoms with Crippen molar-refractivity contribution >= 4 is 28.4 Å². The number of carboxylic acids is 1. The first-order valence-electron chi connectivity index (χ1n) is 5.10. The van der Waals surface area contributed by atoms with Gasteiger partial charge in [-0.2, -0.15) is 4.37 Å². The molecule has 2 unspecified atom stereocenters. The zero-order valence-electron chi connectivity index (χ0n) is 9.85. The topological polar surface area (TPSA) is 105 Å². The van der Waals surface area contributed by atoms with E-state index in [0.29, 0.717) is 5.69 Å². The summed E-state index contributed by atoms with van der Waals surface area (Å²) in [4.78, 5) is 22.7. The number of nitrogens with one attached hydrogen (secondary N) is 1. The van der Waals surface area contributed by atoms with Gasteiger partial charge in [0.1, 0.15) is 10.6 Å². The van der Waals surface area contributed by atoms with Crippen molar-refractivity contribution in [3.05, 3.63) is 11.3 Å². The van der Waals surface area contributed by atoms with E-state index in [2.05, 4.69) is 9.69 Å². The van der Waals surface area contributed by atoms with Crippen molar-refractivity contribution in [2.45, 2.75) is 26.8 Å². The smallest absolute Gasteiger partial charge is 0.340 e. The highest BCUT2D eigenvalue weighted by Crippen LogP contribution is 2.25. The van der Waals surface area contributed by atoms with Crippen molar-refractivity contribution in [3.63, 3.8) is 0 Å². The van der Waals surface area contributed by atoms with Gasteiger partial charge in [-0.25, -0.2) is 4.79 Å². The largest absolute Gasteiger partial charge is 0.478 e. The summed E-state index contributed by atoms with van der Waals surface area (Å²) in [5.41, 5.74) is 6.04. The molecule has 0 aliphatic heterocycles. The van der Waals surface area contributed by atoms with Crippen molar-refractivity contribution < 1.29 is 14.7 Å². The van der Waals surface area contributed by atoms with Gasteiger partial charge in [-0.3, -0.25) is 4.79 Å². The molecule has 2 atom stereocenters. The molecule has 0 fully saturated rings. The van der Waals surface area contributed by atoms with Crippen molar-refractivity contribution in [3.8, 4) is 0 Å². The summed E-state index contributed by atoms with van der Waals surface area (Å²) in [6.07, 6.45) is 0. The van der Waals surface area contributed by atoms with Gasteiger partial charge < -0.3 is 16.2 Å². The van der Waals surface area contributed by atoms with Crippen LogP contribution in [0.1, 0.15) is 29.9 Å². The molecule has 1 aromatic rings. The second-order valence-electron chi connectivity index (χ2n) is 3.91. The summed E-state index contributed by atoms with van der Waals surface area (Å²) >= 11 is 0.958. The van der Waals surface area contributed by atoms with Gasteiger partial charge in [0.2, 0.25) is 5.91 Å². The minimum Gasteiger partial charge on any atom is -0.478 e. The molecule has 1 aromatic heterocycles. The number of carbonyl (C=O) groups is 2. The van der Waals surface area contributed by atoms with Crippen LogP contribution < -0.4 is 11.1 Å². The molecule has 0 saturated carbocycles. The number of carboxylic acid groups (broad SMARTS) is 1. The number of nitrogens with two attached hydrogens (primary N) is 1. The van der Waals surface area contributed by atoms with E-state index in [0.717, 1.165) is 11.5 Å². The average Bonchev–Trinajstić information content (AvgIpc) is 2.58. The lowest BCUT2D eigenvalue weighted by Crippen LogP contribution is -2.34. The van der Waals surface area contributed by atoms with Crippen molar-refractivity contribution in [2.24, 2.45) is 11.7 Å². The van der Waals surface area contributed by atoms with E-state index in [1.54, 1.807) is 20.8 Å². The molecule has 0 radical (unpaired) electrons. The molecule has 94 valence electrons. The quantitative estimate of drug-likeness (QED) is 0.748. The summed E-state index contributed by atoms with van der Waals surface area (Å²) in [6.45, 7) is 5.00. The highest BCUT2D eigenvalue weighted by molar-refractivity contribution is 7.11. The Bertz CT molecular complexity index is 442. The fourth-order valence-electron chi connectivity index (χ4n) is 1.17. The molecule has 4 N–H and O–H groups in total. The highest BCUT2D eigenvalue weighted by Gasteiger charge is 2.22. The molecular formula is C10H15N3O3S. The summed E-state index contributed by atoms with van der Waals surface area (Å²) in [6, 6.07) is -0.294. The van der Waals surface area contributed by atoms with Crippen LogP contribution in [0.5, 0.6) is 0 Å². The van der Waals surface area contributed by atoms with E-state index in [1.807, 2.05) is 0 Å². The van der Waals surface area contributed by atoms with Crippen LogP contribution in [0, 0.1) is 12.8 Å². The number of carbonyl (C=O) groups excluding carboxylic acids is 1. The standard InChI is InChI=1S/C10H15N3O3S/c1-4(5(2)11)8(14)12-9-7(10(15)16)6(3)13-17-9/h4-5H,11H2,1-3H3,(H,12,14)(H,15,16). The van der Waals surface area contributed by atoms with Crippen molar-refractivity contribution in [1.29, 1.82) is 0 Å². The van der Waals surface area contributed by atoms with Crippen LogP contribution in [-0.4, -0.2) is 27.4 Å². The highest BCUT2D eigenvalue weighted by atomic mass is 32.1. The molecule has 7 heteroatoms. The third-order valence-electron chi connectivity index (χ3n) is 2.52. The zero-order chi connectivity index (χ0) is 13.2. The van der Waals surface area contributed by atoms with E-state index in [-0.39, 0.29) is 28.4 Å². The minimum absolute atomic E-state index is 0.0419. The van der Waals surface area contributed by atoms with Crippen LogP contribution in [0.3, 0.4) is 0 Å². The maximum atomic E-state index is 11.7. The Balaban J connectivity index is 2.89. The fraction of sp³-hybridized carbons (Fsp3) is 0.500. The molecule has 6 nitrogen and oxygen atoms in total. The van der Waals surface area contributed by atoms with Crippen LogP contribution in [0.25, 0.3) is 0 Å². The van der Waals surface area contributed by atoms with Gasteiger partial charge in [-0.05, 0) is 25.4 Å². The van der Waals surface area contributed by atoms with Gasteiger partial charge in [-0.15, -0.1) is 0 Å². The number of nitrogens with zero attached hydrogens (tertiary/aromatic N) is 1. The first-order chi connectivity index (χ1) is 7.84. The van der Waals surface area contributed by atoms with E-state index < -0.39 is 5.97 Å². The molecule has 0 aliphatic carbocycles. The Morgan fingerprint density at radius 3 is 2.53 bits per heavy atom. The van der Waals surface area contributed by atoms with Crippen LogP contribution in [0.4, 0.5) is 5.00 Å². The number of rotatable bonds is 4. The number of amides is 1. The minimum atomic E-state index is -1.10. The Morgan fingerprint density at radius 2 is 2.06 bits per heavy atom. The maximum Gasteiger partial charge on any atom is 0.340 e. The molecule has 0 aliphatic rings. The molecule has 0 saturated heterocycles.